The Labute approximate surface area is 117 Å². The maximum atomic E-state index is 9.28. The monoisotopic (exact) mass is 272 g/mol. The number of rotatable bonds is 4. The molecule has 0 saturated carbocycles. The maximum absolute atomic E-state index is 9.28. The van der Waals surface area contributed by atoms with Gasteiger partial charge in [-0.15, -0.1) is 11.8 Å². The number of hydrogen-bond donors (Lipinski definition) is 1. The van der Waals surface area contributed by atoms with Crippen molar-refractivity contribution in [3.8, 4) is 6.07 Å². The minimum atomic E-state index is 0.323. The highest BCUT2D eigenvalue weighted by molar-refractivity contribution is 7.98. The van der Waals surface area contributed by atoms with Gasteiger partial charge < -0.3 is 5.32 Å². The first kappa shape index (κ1) is 13.5. The van der Waals surface area contributed by atoms with E-state index in [0.717, 1.165) is 16.3 Å². The van der Waals surface area contributed by atoms with E-state index < -0.39 is 0 Å². The number of thioether (sulfide) groups is 1. The molecule has 19 heavy (non-hydrogen) atoms. The summed E-state index contributed by atoms with van der Waals surface area (Å²) in [5, 5.41) is 16.8. The second kappa shape index (κ2) is 5.81. The summed E-state index contributed by atoms with van der Waals surface area (Å²) in [4.78, 5) is 0.976. The van der Waals surface area contributed by atoms with E-state index in [1.807, 2.05) is 35.3 Å². The molecule has 0 saturated heterocycles. The van der Waals surface area contributed by atoms with E-state index >= 15 is 0 Å². The van der Waals surface area contributed by atoms with Crippen molar-refractivity contribution in [3.63, 3.8) is 0 Å². The summed E-state index contributed by atoms with van der Waals surface area (Å²) < 4.78 is 1.88. The smallest absolute Gasteiger partial charge is 0.103 e. The van der Waals surface area contributed by atoms with Gasteiger partial charge in [-0.2, -0.15) is 10.4 Å². The van der Waals surface area contributed by atoms with Crippen LogP contribution < -0.4 is 5.32 Å². The van der Waals surface area contributed by atoms with Crippen molar-refractivity contribution in [3.05, 3.63) is 36.2 Å². The van der Waals surface area contributed by atoms with E-state index in [4.69, 9.17) is 0 Å². The molecule has 1 aromatic heterocycles. The van der Waals surface area contributed by atoms with E-state index in [2.05, 4.69) is 30.3 Å². The van der Waals surface area contributed by atoms with Gasteiger partial charge in [-0.3, -0.25) is 4.68 Å². The standard InChI is InChI=1S/C14H16N4S/c1-10(2)18-9-11(8-16-18)17-13-5-4-6-14(19-3)12(13)7-15/h4-6,8-10,17H,1-3H3. The van der Waals surface area contributed by atoms with E-state index in [1.54, 1.807) is 18.0 Å². The largest absolute Gasteiger partial charge is 0.352 e. The van der Waals surface area contributed by atoms with Crippen LogP contribution in [0.2, 0.25) is 0 Å². The van der Waals surface area contributed by atoms with Crippen LogP contribution in [-0.2, 0) is 0 Å². The lowest BCUT2D eigenvalue weighted by Gasteiger charge is -2.09. The fourth-order valence-corrected chi connectivity index (χ4v) is 2.34. The third-order valence-electron chi connectivity index (χ3n) is 2.77. The molecule has 0 radical (unpaired) electrons. The van der Waals surface area contributed by atoms with E-state index in [9.17, 15) is 5.26 Å². The zero-order valence-electron chi connectivity index (χ0n) is 11.2. The van der Waals surface area contributed by atoms with Gasteiger partial charge in [-0.05, 0) is 32.2 Å². The average molecular weight is 272 g/mol. The van der Waals surface area contributed by atoms with Gasteiger partial charge >= 0.3 is 0 Å². The Hall–Kier alpha value is -1.93. The van der Waals surface area contributed by atoms with Crippen LogP contribution in [0.5, 0.6) is 0 Å². The molecule has 1 heterocycles. The molecule has 0 bridgehead atoms. The number of nitriles is 1. The van der Waals surface area contributed by atoms with E-state index in [0.29, 0.717) is 11.6 Å². The lowest BCUT2D eigenvalue weighted by Crippen LogP contribution is -2.00. The first-order valence-electron chi connectivity index (χ1n) is 6.04. The third-order valence-corrected chi connectivity index (χ3v) is 3.55. The molecule has 1 N–H and O–H groups in total. The molecule has 0 amide bonds. The average Bonchev–Trinajstić information content (AvgIpc) is 2.87. The highest BCUT2D eigenvalue weighted by Crippen LogP contribution is 2.28. The predicted molar refractivity (Wildman–Crippen MR) is 78.8 cm³/mol. The number of nitrogens with one attached hydrogen (secondary N) is 1. The number of nitrogens with zero attached hydrogens (tertiary/aromatic N) is 3. The Morgan fingerprint density at radius 2 is 2.21 bits per heavy atom. The number of aromatic nitrogens is 2. The molecule has 0 fully saturated rings. The lowest BCUT2D eigenvalue weighted by molar-refractivity contribution is 0.532. The molecule has 0 aliphatic heterocycles. The van der Waals surface area contributed by atoms with Crippen molar-refractivity contribution in [2.45, 2.75) is 24.8 Å². The first-order valence-corrected chi connectivity index (χ1v) is 7.26. The van der Waals surface area contributed by atoms with Crippen LogP contribution in [0.25, 0.3) is 0 Å². The highest BCUT2D eigenvalue weighted by Gasteiger charge is 2.08. The van der Waals surface area contributed by atoms with Crippen molar-refractivity contribution in [1.82, 2.24) is 9.78 Å². The third kappa shape index (κ3) is 2.91. The summed E-state index contributed by atoms with van der Waals surface area (Å²) in [6.45, 7) is 4.15. The summed E-state index contributed by atoms with van der Waals surface area (Å²) in [5.41, 5.74) is 2.38. The summed E-state index contributed by atoms with van der Waals surface area (Å²) >= 11 is 1.57. The summed E-state index contributed by atoms with van der Waals surface area (Å²) in [6, 6.07) is 8.38. The van der Waals surface area contributed by atoms with Crippen LogP contribution >= 0.6 is 11.8 Å². The van der Waals surface area contributed by atoms with Crippen LogP contribution in [-0.4, -0.2) is 16.0 Å². The van der Waals surface area contributed by atoms with Crippen LogP contribution in [0.3, 0.4) is 0 Å². The minimum absolute atomic E-state index is 0.323. The van der Waals surface area contributed by atoms with Gasteiger partial charge in [-0.25, -0.2) is 0 Å². The van der Waals surface area contributed by atoms with Gasteiger partial charge in [-0.1, -0.05) is 6.07 Å². The van der Waals surface area contributed by atoms with Crippen molar-refractivity contribution < 1.29 is 0 Å². The Morgan fingerprint density at radius 3 is 2.79 bits per heavy atom. The Bertz CT molecular complexity index is 610. The number of anilines is 2. The van der Waals surface area contributed by atoms with Crippen LogP contribution in [0.1, 0.15) is 25.5 Å². The number of benzene rings is 1. The van der Waals surface area contributed by atoms with Gasteiger partial charge in [0.25, 0.3) is 0 Å². The second-order valence-corrected chi connectivity index (χ2v) is 5.27. The number of hydrogen-bond acceptors (Lipinski definition) is 4. The van der Waals surface area contributed by atoms with Gasteiger partial charge in [0, 0.05) is 17.1 Å². The molecular formula is C14H16N4S. The quantitative estimate of drug-likeness (QED) is 0.860. The maximum Gasteiger partial charge on any atom is 0.103 e. The molecule has 0 unspecified atom stereocenters. The summed E-state index contributed by atoms with van der Waals surface area (Å²) in [6.07, 6.45) is 5.68. The molecule has 2 aromatic rings. The molecule has 0 spiro atoms. The molecule has 2 rings (SSSR count). The minimum Gasteiger partial charge on any atom is -0.352 e. The molecule has 98 valence electrons. The van der Waals surface area contributed by atoms with E-state index in [1.165, 1.54) is 0 Å². The zero-order chi connectivity index (χ0) is 13.8. The topological polar surface area (TPSA) is 53.6 Å². The Kier molecular flexibility index (Phi) is 4.13. The predicted octanol–water partition coefficient (Wildman–Crippen LogP) is 3.80. The van der Waals surface area contributed by atoms with Gasteiger partial charge in [0.05, 0.1) is 23.1 Å². The van der Waals surface area contributed by atoms with Crippen LogP contribution in [0.4, 0.5) is 11.4 Å². The fraction of sp³-hybridized carbons (Fsp3) is 0.286. The molecule has 0 atom stereocenters. The summed E-state index contributed by atoms with van der Waals surface area (Å²) in [5.74, 6) is 0. The van der Waals surface area contributed by atoms with E-state index in [-0.39, 0.29) is 0 Å². The Balaban J connectivity index is 2.30. The van der Waals surface area contributed by atoms with Crippen molar-refractivity contribution >= 4 is 23.1 Å². The van der Waals surface area contributed by atoms with Crippen molar-refractivity contribution in [1.29, 1.82) is 5.26 Å². The molecule has 1 aromatic carbocycles. The molecular weight excluding hydrogens is 256 g/mol. The van der Waals surface area contributed by atoms with Crippen molar-refractivity contribution in [2.75, 3.05) is 11.6 Å². The molecule has 0 aliphatic carbocycles. The first-order chi connectivity index (χ1) is 9.15. The van der Waals surface area contributed by atoms with Crippen molar-refractivity contribution in [2.24, 2.45) is 0 Å². The lowest BCUT2D eigenvalue weighted by atomic mass is 10.2. The molecule has 5 heteroatoms. The van der Waals surface area contributed by atoms with Crippen LogP contribution in [0, 0.1) is 11.3 Å². The second-order valence-electron chi connectivity index (χ2n) is 4.42. The summed E-state index contributed by atoms with van der Waals surface area (Å²) in [7, 11) is 0. The van der Waals surface area contributed by atoms with Gasteiger partial charge in [0.1, 0.15) is 6.07 Å². The highest BCUT2D eigenvalue weighted by atomic mass is 32.2. The Morgan fingerprint density at radius 1 is 1.42 bits per heavy atom. The molecule has 0 aliphatic rings. The normalized spacial score (nSPS) is 10.5. The zero-order valence-corrected chi connectivity index (χ0v) is 12.0. The van der Waals surface area contributed by atoms with Gasteiger partial charge in [0.15, 0.2) is 0 Å². The van der Waals surface area contributed by atoms with Gasteiger partial charge in [0.2, 0.25) is 0 Å². The molecule has 4 nitrogen and oxygen atoms in total. The fourth-order valence-electron chi connectivity index (χ4n) is 1.76. The van der Waals surface area contributed by atoms with Crippen LogP contribution in [0.15, 0.2) is 35.5 Å². The SMILES string of the molecule is CSc1cccc(Nc2cnn(C(C)C)c2)c1C#N.